The summed E-state index contributed by atoms with van der Waals surface area (Å²) in [6, 6.07) is 7.47. The summed E-state index contributed by atoms with van der Waals surface area (Å²) in [7, 11) is -3.75. The number of hydrogen-bond acceptors (Lipinski definition) is 6. The summed E-state index contributed by atoms with van der Waals surface area (Å²) < 4.78 is 24.3. The minimum Gasteiger partial charge on any atom is -0.376 e. The van der Waals surface area contributed by atoms with Gasteiger partial charge < -0.3 is 9.67 Å². The quantitative estimate of drug-likeness (QED) is 0.362. The fourth-order valence-electron chi connectivity index (χ4n) is 3.01. The predicted octanol–water partition coefficient (Wildman–Crippen LogP) is 1.17. The largest absolute Gasteiger partial charge is 0.376 e. The molecule has 9 heteroatoms. The number of nitrogens with zero attached hydrogens (tertiary/aromatic N) is 1. The zero-order valence-corrected chi connectivity index (χ0v) is 18.2. The Bertz CT molecular complexity index is 1210. The monoisotopic (exact) mass is 446 g/mol. The highest BCUT2D eigenvalue weighted by molar-refractivity contribution is 8.00. The van der Waals surface area contributed by atoms with E-state index in [1.165, 1.54) is 12.4 Å². The first-order chi connectivity index (χ1) is 14.1. The maximum atomic E-state index is 12.1. The highest BCUT2D eigenvalue weighted by Crippen LogP contribution is 2.28. The van der Waals surface area contributed by atoms with Crippen molar-refractivity contribution in [3.05, 3.63) is 36.0 Å². The normalized spacial score (nSPS) is 16.9. The molecule has 1 saturated heterocycles. The molecule has 30 heavy (non-hydrogen) atoms. The lowest BCUT2D eigenvalue weighted by molar-refractivity contribution is -0.131. The van der Waals surface area contributed by atoms with Crippen LogP contribution in [0.3, 0.4) is 0 Å². The molecule has 2 aromatic rings. The van der Waals surface area contributed by atoms with Crippen molar-refractivity contribution in [2.45, 2.75) is 30.2 Å². The summed E-state index contributed by atoms with van der Waals surface area (Å²) in [6.07, 6.45) is 2.79. The predicted molar refractivity (Wildman–Crippen MR) is 117 cm³/mol. The van der Waals surface area contributed by atoms with E-state index in [0.717, 1.165) is 22.7 Å². The molecule has 1 amide bonds. The van der Waals surface area contributed by atoms with Gasteiger partial charge in [-0.2, -0.15) is 11.8 Å². The number of hydroxylamine groups is 1. The van der Waals surface area contributed by atoms with E-state index in [0.29, 0.717) is 11.5 Å². The highest BCUT2D eigenvalue weighted by Gasteiger charge is 2.43. The number of benzene rings is 1. The Labute approximate surface area is 179 Å². The van der Waals surface area contributed by atoms with Crippen molar-refractivity contribution in [1.82, 2.24) is 10.0 Å². The maximum absolute atomic E-state index is 12.1. The van der Waals surface area contributed by atoms with Gasteiger partial charge in [0.2, 0.25) is 0 Å². The maximum Gasteiger partial charge on any atom is 0.264 e. The van der Waals surface area contributed by atoms with Crippen molar-refractivity contribution in [2.75, 3.05) is 17.8 Å². The molecular formula is C21H22N2O5S2. The molecule has 3 N–H and O–H groups in total. The second-order valence-corrected chi connectivity index (χ2v) is 10.9. The lowest BCUT2D eigenvalue weighted by Gasteiger charge is -2.29. The van der Waals surface area contributed by atoms with Crippen molar-refractivity contribution in [3.8, 4) is 23.7 Å². The van der Waals surface area contributed by atoms with Gasteiger partial charge in [-0.25, -0.2) is 13.9 Å². The highest BCUT2D eigenvalue weighted by atomic mass is 32.2. The lowest BCUT2D eigenvalue weighted by Crippen LogP contribution is -2.49. The third-order valence-electron chi connectivity index (χ3n) is 5.25. The smallest absolute Gasteiger partial charge is 0.264 e. The number of sulfone groups is 1. The zero-order valence-electron chi connectivity index (χ0n) is 16.6. The van der Waals surface area contributed by atoms with Gasteiger partial charge in [-0.15, -0.1) is 0 Å². The Morgan fingerprint density at radius 1 is 1.33 bits per heavy atom. The molecule has 0 bridgehead atoms. The van der Waals surface area contributed by atoms with Crippen LogP contribution in [0.4, 0.5) is 0 Å². The SMILES string of the molecule is C[C@@](CCn1ccc2cc(C#CC#CC3(O)CSC3)ccc21)(C(=O)NO)S(C)(=O)=O. The van der Waals surface area contributed by atoms with Crippen LogP contribution in [0, 0.1) is 23.7 Å². The molecule has 1 atom stereocenters. The van der Waals surface area contributed by atoms with E-state index < -0.39 is 26.1 Å². The molecule has 1 aromatic carbocycles. The van der Waals surface area contributed by atoms with Crippen LogP contribution in [0.25, 0.3) is 10.9 Å². The number of aromatic nitrogens is 1. The minimum absolute atomic E-state index is 0.000346. The summed E-state index contributed by atoms with van der Waals surface area (Å²) in [5.74, 6) is 11.5. The van der Waals surface area contributed by atoms with Gasteiger partial charge in [0.15, 0.2) is 14.6 Å². The summed E-state index contributed by atoms with van der Waals surface area (Å²) in [4.78, 5) is 12.0. The third kappa shape index (κ3) is 4.50. The van der Waals surface area contributed by atoms with Crippen LogP contribution in [-0.4, -0.2) is 57.3 Å². The first-order valence-electron chi connectivity index (χ1n) is 9.14. The Hall–Kier alpha value is -2.43. The molecule has 1 fully saturated rings. The van der Waals surface area contributed by atoms with Crippen molar-refractivity contribution in [1.29, 1.82) is 0 Å². The molecule has 0 radical (unpaired) electrons. The minimum atomic E-state index is -3.75. The van der Waals surface area contributed by atoms with E-state index in [-0.39, 0.29) is 13.0 Å². The Morgan fingerprint density at radius 2 is 2.07 bits per heavy atom. The second kappa shape index (κ2) is 8.37. The van der Waals surface area contributed by atoms with Gasteiger partial charge in [-0.3, -0.25) is 10.0 Å². The molecule has 7 nitrogen and oxygen atoms in total. The van der Waals surface area contributed by atoms with Crippen molar-refractivity contribution in [3.63, 3.8) is 0 Å². The summed E-state index contributed by atoms with van der Waals surface area (Å²) in [5, 5.41) is 19.8. The van der Waals surface area contributed by atoms with E-state index in [4.69, 9.17) is 5.21 Å². The molecule has 0 aliphatic carbocycles. The Balaban J connectivity index is 1.77. The molecule has 2 heterocycles. The molecule has 1 aliphatic heterocycles. The first kappa shape index (κ1) is 22.3. The van der Waals surface area contributed by atoms with Gasteiger partial charge in [-0.05, 0) is 49.5 Å². The van der Waals surface area contributed by atoms with E-state index in [2.05, 4.69) is 23.7 Å². The molecule has 0 spiro atoms. The van der Waals surface area contributed by atoms with Gasteiger partial charge in [0, 0.05) is 47.0 Å². The van der Waals surface area contributed by atoms with E-state index in [1.807, 2.05) is 35.0 Å². The first-order valence-corrected chi connectivity index (χ1v) is 12.2. The molecule has 158 valence electrons. The fourth-order valence-corrected chi connectivity index (χ4v) is 4.59. The Kier molecular flexibility index (Phi) is 6.21. The van der Waals surface area contributed by atoms with Gasteiger partial charge in [-0.1, -0.05) is 11.8 Å². The van der Waals surface area contributed by atoms with E-state index >= 15 is 0 Å². The van der Waals surface area contributed by atoms with Gasteiger partial charge >= 0.3 is 0 Å². The van der Waals surface area contributed by atoms with E-state index in [9.17, 15) is 18.3 Å². The van der Waals surface area contributed by atoms with Crippen molar-refractivity contribution in [2.24, 2.45) is 0 Å². The van der Waals surface area contributed by atoms with Crippen LogP contribution in [-0.2, 0) is 21.2 Å². The number of fused-ring (bicyclic) bond motifs is 1. The number of nitrogens with one attached hydrogen (secondary N) is 1. The van der Waals surface area contributed by atoms with Crippen molar-refractivity contribution >= 4 is 38.4 Å². The number of aryl methyl sites for hydroxylation is 1. The number of amides is 1. The lowest BCUT2D eigenvalue weighted by atomic mass is 10.1. The number of hydrogen-bond donors (Lipinski definition) is 3. The Morgan fingerprint density at radius 3 is 2.67 bits per heavy atom. The third-order valence-corrected chi connectivity index (χ3v) is 8.64. The number of rotatable bonds is 5. The van der Waals surface area contributed by atoms with Crippen LogP contribution < -0.4 is 5.48 Å². The fraction of sp³-hybridized carbons (Fsp3) is 0.381. The van der Waals surface area contributed by atoms with E-state index in [1.54, 1.807) is 11.8 Å². The van der Waals surface area contributed by atoms with Gasteiger partial charge in [0.25, 0.3) is 5.91 Å². The average molecular weight is 447 g/mol. The van der Waals surface area contributed by atoms with Crippen LogP contribution in [0.2, 0.25) is 0 Å². The molecule has 1 aliphatic rings. The van der Waals surface area contributed by atoms with Crippen LogP contribution in [0.15, 0.2) is 30.5 Å². The average Bonchev–Trinajstić information content (AvgIpc) is 3.08. The molecular weight excluding hydrogens is 424 g/mol. The topological polar surface area (TPSA) is 109 Å². The molecule has 3 rings (SSSR count). The number of thioether (sulfide) groups is 1. The standard InChI is InChI=1S/C21H22N2O5S2/c1-20(19(24)22-26,30(2,27)28)10-12-23-11-8-17-13-16(6-7-18(17)23)5-3-4-9-21(25)14-29-15-21/h6-8,11,13,25-26H,10,12,14-15H2,1-2H3,(H,22,24)/t20-/m1/s1. The summed E-state index contributed by atoms with van der Waals surface area (Å²) in [5.41, 5.74) is 2.19. The van der Waals surface area contributed by atoms with Crippen molar-refractivity contribution < 1.29 is 23.5 Å². The van der Waals surface area contributed by atoms with Gasteiger partial charge in [0.1, 0.15) is 5.60 Å². The van der Waals surface area contributed by atoms with Crippen LogP contribution in [0.1, 0.15) is 18.9 Å². The van der Waals surface area contributed by atoms with Gasteiger partial charge in [0.05, 0.1) is 0 Å². The second-order valence-electron chi connectivity index (χ2n) is 7.50. The number of aliphatic hydroxyl groups is 1. The number of carbonyl (C=O) groups is 1. The molecule has 0 saturated carbocycles. The molecule has 0 unspecified atom stereocenters. The zero-order chi connectivity index (χ0) is 22.0. The van der Waals surface area contributed by atoms with Crippen LogP contribution >= 0.6 is 11.8 Å². The summed E-state index contributed by atoms with van der Waals surface area (Å²) in [6.45, 7) is 1.57. The summed E-state index contributed by atoms with van der Waals surface area (Å²) >= 11 is 1.64. The number of carbonyl (C=O) groups excluding carboxylic acids is 1. The molecule has 1 aromatic heterocycles. The van der Waals surface area contributed by atoms with Crippen LogP contribution in [0.5, 0.6) is 0 Å².